The van der Waals surface area contributed by atoms with Crippen molar-refractivity contribution in [3.8, 4) is 5.75 Å². The van der Waals surface area contributed by atoms with Gasteiger partial charge in [-0.3, -0.25) is 0 Å². The van der Waals surface area contributed by atoms with E-state index in [4.69, 9.17) is 0 Å². The van der Waals surface area contributed by atoms with Crippen LogP contribution in [-0.4, -0.2) is 29.4 Å². The third-order valence-electron chi connectivity index (χ3n) is 5.55. The van der Waals surface area contributed by atoms with Crippen LogP contribution >= 0.6 is 0 Å². The van der Waals surface area contributed by atoms with Crippen LogP contribution in [-0.2, 0) is 11.8 Å². The van der Waals surface area contributed by atoms with Gasteiger partial charge in [0.15, 0.2) is 0 Å². The highest BCUT2D eigenvalue weighted by molar-refractivity contribution is 5.45. The van der Waals surface area contributed by atoms with E-state index >= 15 is 0 Å². The maximum atomic E-state index is 11.3. The third-order valence-corrected chi connectivity index (χ3v) is 5.55. The summed E-state index contributed by atoms with van der Waals surface area (Å²) in [4.78, 5) is 0. The molecule has 0 heterocycles. The van der Waals surface area contributed by atoms with Gasteiger partial charge in [-0.15, -0.1) is 0 Å². The van der Waals surface area contributed by atoms with Crippen LogP contribution in [0, 0.1) is 0 Å². The van der Waals surface area contributed by atoms with Crippen LogP contribution in [0.15, 0.2) is 18.2 Å². The van der Waals surface area contributed by atoms with Gasteiger partial charge in [0.05, 0.1) is 5.60 Å². The Hall–Kier alpha value is -1.06. The highest BCUT2D eigenvalue weighted by Crippen LogP contribution is 2.54. The number of hydrogen-bond donors (Lipinski definition) is 3. The van der Waals surface area contributed by atoms with Crippen LogP contribution in [0.2, 0.25) is 0 Å². The Bertz CT molecular complexity index is 502. The van der Waals surface area contributed by atoms with Gasteiger partial charge in [0, 0.05) is 5.41 Å². The van der Waals surface area contributed by atoms with Gasteiger partial charge >= 0.3 is 0 Å². The van der Waals surface area contributed by atoms with Crippen molar-refractivity contribution < 1.29 is 10.2 Å². The van der Waals surface area contributed by atoms with E-state index in [0.29, 0.717) is 5.75 Å². The van der Waals surface area contributed by atoms with Gasteiger partial charge in [-0.1, -0.05) is 18.9 Å². The maximum Gasteiger partial charge on any atom is 0.115 e. The molecule has 0 spiro atoms. The van der Waals surface area contributed by atoms with E-state index in [1.807, 2.05) is 19.2 Å². The molecule has 1 aromatic carbocycles. The van der Waals surface area contributed by atoms with E-state index < -0.39 is 5.60 Å². The van der Waals surface area contributed by atoms with E-state index in [9.17, 15) is 10.2 Å². The summed E-state index contributed by atoms with van der Waals surface area (Å²) >= 11 is 0. The highest BCUT2D eigenvalue weighted by atomic mass is 16.3. The smallest absolute Gasteiger partial charge is 0.115 e. The monoisotopic (exact) mass is 275 g/mol. The van der Waals surface area contributed by atoms with Crippen molar-refractivity contribution in [2.45, 2.75) is 56.0 Å². The Morgan fingerprint density at radius 1 is 1.20 bits per heavy atom. The summed E-state index contributed by atoms with van der Waals surface area (Å²) in [5, 5.41) is 24.4. The third kappa shape index (κ3) is 1.95. The zero-order valence-corrected chi connectivity index (χ0v) is 12.3. The molecule has 1 aromatic rings. The Kier molecular flexibility index (Phi) is 3.51. The average molecular weight is 275 g/mol. The van der Waals surface area contributed by atoms with Gasteiger partial charge in [0.1, 0.15) is 5.75 Å². The first kappa shape index (κ1) is 13.9. The predicted molar refractivity (Wildman–Crippen MR) is 80.1 cm³/mol. The Morgan fingerprint density at radius 3 is 2.80 bits per heavy atom. The maximum absolute atomic E-state index is 11.3. The first-order chi connectivity index (χ1) is 9.61. The van der Waals surface area contributed by atoms with Crippen molar-refractivity contribution in [3.63, 3.8) is 0 Å². The molecule has 1 fully saturated rings. The SMILES string of the molecule is CNCCC12CCCCC1(O)CCc1ccc(O)cc12. The number of aryl methyl sites for hydroxylation is 1. The average Bonchev–Trinajstić information content (AvgIpc) is 2.45. The lowest BCUT2D eigenvalue weighted by Gasteiger charge is -2.55. The van der Waals surface area contributed by atoms with Crippen LogP contribution in [0.1, 0.15) is 49.7 Å². The molecule has 3 rings (SSSR count). The van der Waals surface area contributed by atoms with Crippen molar-refractivity contribution in [1.82, 2.24) is 5.32 Å². The molecule has 0 aromatic heterocycles. The van der Waals surface area contributed by atoms with Gasteiger partial charge in [-0.05, 0) is 69.0 Å². The topological polar surface area (TPSA) is 52.5 Å². The van der Waals surface area contributed by atoms with Crippen molar-refractivity contribution in [3.05, 3.63) is 29.3 Å². The van der Waals surface area contributed by atoms with Gasteiger partial charge in [-0.2, -0.15) is 0 Å². The molecule has 3 nitrogen and oxygen atoms in total. The lowest BCUT2D eigenvalue weighted by molar-refractivity contribution is -0.0867. The normalized spacial score (nSPS) is 32.5. The Balaban J connectivity index is 2.12. The molecule has 2 unspecified atom stereocenters. The second kappa shape index (κ2) is 5.05. The quantitative estimate of drug-likeness (QED) is 0.794. The van der Waals surface area contributed by atoms with Crippen LogP contribution in [0.5, 0.6) is 5.75 Å². The van der Waals surface area contributed by atoms with Gasteiger partial charge in [-0.25, -0.2) is 0 Å². The fourth-order valence-corrected chi connectivity index (χ4v) is 4.47. The summed E-state index contributed by atoms with van der Waals surface area (Å²) in [5.41, 5.74) is 1.73. The minimum atomic E-state index is -0.594. The number of aromatic hydroxyl groups is 1. The molecule has 0 bridgehead atoms. The summed E-state index contributed by atoms with van der Waals surface area (Å²) in [5.74, 6) is 0.322. The molecule has 3 N–H and O–H groups in total. The fraction of sp³-hybridized carbons (Fsp3) is 0.647. The molecule has 110 valence electrons. The van der Waals surface area contributed by atoms with Crippen LogP contribution in [0.3, 0.4) is 0 Å². The number of benzene rings is 1. The van der Waals surface area contributed by atoms with E-state index in [1.165, 1.54) is 17.5 Å². The summed E-state index contributed by atoms with van der Waals surface area (Å²) < 4.78 is 0. The molecular weight excluding hydrogens is 250 g/mol. The van der Waals surface area contributed by atoms with E-state index in [2.05, 4.69) is 5.32 Å². The number of hydrogen-bond acceptors (Lipinski definition) is 3. The molecule has 0 aliphatic heterocycles. The van der Waals surface area contributed by atoms with Gasteiger partial charge in [0.2, 0.25) is 0 Å². The lowest BCUT2D eigenvalue weighted by atomic mass is 9.53. The molecule has 2 aliphatic carbocycles. The van der Waals surface area contributed by atoms with Crippen molar-refractivity contribution in [2.24, 2.45) is 0 Å². The second-order valence-corrected chi connectivity index (χ2v) is 6.52. The molecule has 20 heavy (non-hydrogen) atoms. The molecular formula is C17H25NO2. The van der Waals surface area contributed by atoms with Crippen molar-refractivity contribution in [1.29, 1.82) is 0 Å². The standard InChI is InChI=1S/C17H25NO2/c1-18-11-10-16-7-2-3-8-17(16,20)9-6-13-4-5-14(19)12-15(13)16/h4-5,12,18-20H,2-3,6-11H2,1H3. The van der Waals surface area contributed by atoms with Gasteiger partial charge in [0.25, 0.3) is 0 Å². The molecule has 0 saturated heterocycles. The van der Waals surface area contributed by atoms with E-state index in [1.54, 1.807) is 6.07 Å². The highest BCUT2D eigenvalue weighted by Gasteiger charge is 2.54. The second-order valence-electron chi connectivity index (χ2n) is 6.52. The summed E-state index contributed by atoms with van der Waals surface area (Å²) in [6.07, 6.45) is 6.93. The van der Waals surface area contributed by atoms with E-state index in [-0.39, 0.29) is 5.41 Å². The van der Waals surface area contributed by atoms with Crippen LogP contribution < -0.4 is 5.32 Å². The largest absolute Gasteiger partial charge is 0.508 e. The fourth-order valence-electron chi connectivity index (χ4n) is 4.47. The van der Waals surface area contributed by atoms with Crippen molar-refractivity contribution >= 4 is 0 Å². The zero-order chi connectivity index (χ0) is 14.2. The number of aliphatic hydroxyl groups is 1. The number of phenols is 1. The molecule has 1 saturated carbocycles. The Morgan fingerprint density at radius 2 is 2.00 bits per heavy atom. The minimum absolute atomic E-state index is 0.180. The minimum Gasteiger partial charge on any atom is -0.508 e. The molecule has 0 radical (unpaired) electrons. The first-order valence-corrected chi connectivity index (χ1v) is 7.81. The van der Waals surface area contributed by atoms with Crippen LogP contribution in [0.4, 0.5) is 0 Å². The number of fused-ring (bicyclic) bond motifs is 3. The number of rotatable bonds is 3. The predicted octanol–water partition coefficient (Wildman–Crippen LogP) is 2.49. The summed E-state index contributed by atoms with van der Waals surface area (Å²) in [7, 11) is 1.96. The molecule has 0 amide bonds. The lowest BCUT2D eigenvalue weighted by Crippen LogP contribution is -2.57. The molecule has 3 heteroatoms. The Labute approximate surface area is 121 Å². The summed E-state index contributed by atoms with van der Waals surface area (Å²) in [6, 6.07) is 5.72. The van der Waals surface area contributed by atoms with Crippen molar-refractivity contribution in [2.75, 3.05) is 13.6 Å². The van der Waals surface area contributed by atoms with Crippen LogP contribution in [0.25, 0.3) is 0 Å². The van der Waals surface area contributed by atoms with Gasteiger partial charge < -0.3 is 15.5 Å². The van der Waals surface area contributed by atoms with E-state index in [0.717, 1.165) is 45.1 Å². The first-order valence-electron chi connectivity index (χ1n) is 7.81. The zero-order valence-electron chi connectivity index (χ0n) is 12.3. The number of phenolic OH excluding ortho intramolecular Hbond substituents is 1. The molecule has 2 atom stereocenters. The molecule has 2 aliphatic rings. The summed E-state index contributed by atoms with van der Waals surface area (Å²) in [6.45, 7) is 0.900. The number of nitrogens with one attached hydrogen (secondary N) is 1.